The first kappa shape index (κ1) is 9.83. The van der Waals surface area contributed by atoms with Crippen molar-refractivity contribution in [1.82, 2.24) is 0 Å². The first-order chi connectivity index (χ1) is 6.27. The Morgan fingerprint density at radius 3 is 2.85 bits per heavy atom. The van der Waals surface area contributed by atoms with Crippen molar-refractivity contribution in [2.45, 2.75) is 0 Å². The first-order valence-corrected chi connectivity index (χ1v) is 4.06. The molecule has 0 aliphatic heterocycles. The maximum Gasteiger partial charge on any atom is 0.0687 e. The second-order valence-corrected chi connectivity index (χ2v) is 2.60. The summed E-state index contributed by atoms with van der Waals surface area (Å²) in [6.07, 6.45) is 0. The largest absolute Gasteiger partial charge is 0.399 e. The van der Waals surface area contributed by atoms with Gasteiger partial charge in [-0.05, 0) is 18.2 Å². The van der Waals surface area contributed by atoms with E-state index in [1.54, 1.807) is 24.3 Å². The molecular weight excluding hydrogens is 168 g/mol. The number of hydroxylamine groups is 1. The average Bonchev–Trinajstić information content (AvgIpc) is 2.14. The Kier molecular flexibility index (Phi) is 3.54. The smallest absolute Gasteiger partial charge is 0.0687 e. The van der Waals surface area contributed by atoms with Crippen LogP contribution in [-0.4, -0.2) is 25.4 Å². The highest BCUT2D eigenvalue weighted by Crippen LogP contribution is 2.16. The Hall–Kier alpha value is -1.26. The van der Waals surface area contributed by atoms with Crippen LogP contribution in [-0.2, 0) is 4.84 Å². The molecule has 13 heavy (non-hydrogen) atoms. The lowest BCUT2D eigenvalue weighted by molar-refractivity contribution is 0.147. The summed E-state index contributed by atoms with van der Waals surface area (Å²) in [4.78, 5) is 5.05. The van der Waals surface area contributed by atoms with E-state index < -0.39 is 0 Å². The van der Waals surface area contributed by atoms with Gasteiger partial charge in [-0.3, -0.25) is 9.90 Å². The number of benzene rings is 1. The van der Waals surface area contributed by atoms with E-state index in [0.29, 0.717) is 12.2 Å². The molecule has 4 heteroatoms. The van der Waals surface area contributed by atoms with Crippen molar-refractivity contribution in [1.29, 1.82) is 0 Å². The van der Waals surface area contributed by atoms with E-state index in [9.17, 15) is 0 Å². The second kappa shape index (κ2) is 4.69. The van der Waals surface area contributed by atoms with Crippen molar-refractivity contribution < 1.29 is 9.94 Å². The summed E-state index contributed by atoms with van der Waals surface area (Å²) < 4.78 is 0. The molecule has 1 aromatic rings. The zero-order valence-corrected chi connectivity index (χ0v) is 7.60. The molecule has 1 rings (SSSR count). The lowest BCUT2D eigenvalue weighted by atomic mass is 10.3. The van der Waals surface area contributed by atoms with Gasteiger partial charge in [-0.25, -0.2) is 0 Å². The molecule has 3 N–H and O–H groups in total. The Bertz CT molecular complexity index is 266. The van der Waals surface area contributed by atoms with Gasteiger partial charge < -0.3 is 10.8 Å². The van der Waals surface area contributed by atoms with Gasteiger partial charge in [0.05, 0.1) is 25.9 Å². The first-order valence-electron chi connectivity index (χ1n) is 4.06. The normalized spacial score (nSPS) is 10.0. The molecule has 0 aliphatic rings. The molecule has 0 atom stereocenters. The van der Waals surface area contributed by atoms with Crippen LogP contribution in [0, 0.1) is 0 Å². The van der Waals surface area contributed by atoms with E-state index in [1.165, 1.54) is 0 Å². The third kappa shape index (κ3) is 2.61. The van der Waals surface area contributed by atoms with Gasteiger partial charge in [0.1, 0.15) is 0 Å². The molecule has 0 aromatic heterocycles. The molecule has 0 aliphatic carbocycles. The molecule has 4 nitrogen and oxygen atoms in total. The molecule has 0 unspecified atom stereocenters. The van der Waals surface area contributed by atoms with Crippen molar-refractivity contribution in [3.8, 4) is 0 Å². The van der Waals surface area contributed by atoms with Gasteiger partial charge in [0.2, 0.25) is 0 Å². The fraction of sp³-hybridized carbons (Fsp3) is 0.333. The van der Waals surface area contributed by atoms with Crippen LogP contribution in [0.1, 0.15) is 0 Å². The highest BCUT2D eigenvalue weighted by molar-refractivity contribution is 5.54. The van der Waals surface area contributed by atoms with E-state index in [4.69, 9.17) is 15.7 Å². The Morgan fingerprint density at radius 1 is 1.54 bits per heavy atom. The van der Waals surface area contributed by atoms with Gasteiger partial charge in [0.25, 0.3) is 0 Å². The summed E-state index contributed by atoms with van der Waals surface area (Å²) in [7, 11) is 1.55. The molecule has 0 amide bonds. The standard InChI is InChI=1S/C9H14N2O2/c1-13-11(5-6-12)9-4-2-3-8(10)7-9/h2-4,7,12H,5-6,10H2,1H3. The van der Waals surface area contributed by atoms with Crippen molar-refractivity contribution >= 4 is 11.4 Å². The summed E-state index contributed by atoms with van der Waals surface area (Å²) in [5.41, 5.74) is 7.12. The van der Waals surface area contributed by atoms with Crippen molar-refractivity contribution in [2.24, 2.45) is 0 Å². The summed E-state index contributed by atoms with van der Waals surface area (Å²) in [5.74, 6) is 0. The Labute approximate surface area is 77.5 Å². The zero-order valence-electron chi connectivity index (χ0n) is 7.60. The number of nitrogens with two attached hydrogens (primary N) is 1. The predicted molar refractivity (Wildman–Crippen MR) is 52.3 cm³/mol. The summed E-state index contributed by atoms with van der Waals surface area (Å²) >= 11 is 0. The van der Waals surface area contributed by atoms with Crippen molar-refractivity contribution in [3.63, 3.8) is 0 Å². The Morgan fingerprint density at radius 2 is 2.31 bits per heavy atom. The number of aliphatic hydroxyl groups excluding tert-OH is 1. The molecule has 0 spiro atoms. The molecule has 0 saturated heterocycles. The fourth-order valence-electron chi connectivity index (χ4n) is 1.10. The second-order valence-electron chi connectivity index (χ2n) is 2.60. The highest BCUT2D eigenvalue weighted by atomic mass is 16.7. The minimum Gasteiger partial charge on any atom is -0.399 e. The van der Waals surface area contributed by atoms with Crippen LogP contribution in [0.3, 0.4) is 0 Å². The predicted octanol–water partition coefficient (Wildman–Crippen LogP) is 0.629. The van der Waals surface area contributed by atoms with E-state index in [2.05, 4.69) is 0 Å². The van der Waals surface area contributed by atoms with Crippen LogP contribution in [0.2, 0.25) is 0 Å². The number of hydrogen-bond acceptors (Lipinski definition) is 4. The van der Waals surface area contributed by atoms with Gasteiger partial charge in [-0.1, -0.05) is 6.07 Å². The number of rotatable bonds is 4. The molecular formula is C9H14N2O2. The number of nitrogen functional groups attached to an aromatic ring is 1. The quantitative estimate of drug-likeness (QED) is 0.529. The summed E-state index contributed by atoms with van der Waals surface area (Å²) in [6, 6.07) is 7.30. The molecule has 0 fully saturated rings. The minimum atomic E-state index is 0.0443. The maximum absolute atomic E-state index is 8.75. The third-order valence-electron chi connectivity index (χ3n) is 1.68. The molecule has 0 saturated carbocycles. The Balaban J connectivity index is 2.78. The van der Waals surface area contributed by atoms with Crippen molar-refractivity contribution in [2.75, 3.05) is 31.1 Å². The van der Waals surface area contributed by atoms with Crippen molar-refractivity contribution in [3.05, 3.63) is 24.3 Å². The number of hydrogen-bond donors (Lipinski definition) is 2. The SMILES string of the molecule is CON(CCO)c1cccc(N)c1. The summed E-state index contributed by atoms with van der Waals surface area (Å²) in [6.45, 7) is 0.475. The lowest BCUT2D eigenvalue weighted by Crippen LogP contribution is -2.25. The zero-order chi connectivity index (χ0) is 9.68. The topological polar surface area (TPSA) is 58.7 Å². The van der Waals surface area contributed by atoms with E-state index in [0.717, 1.165) is 5.69 Å². The van der Waals surface area contributed by atoms with E-state index >= 15 is 0 Å². The number of anilines is 2. The van der Waals surface area contributed by atoms with Crippen LogP contribution < -0.4 is 10.8 Å². The fourth-order valence-corrected chi connectivity index (χ4v) is 1.10. The molecule has 0 heterocycles. The molecule has 0 bridgehead atoms. The number of aliphatic hydroxyl groups is 1. The van der Waals surface area contributed by atoms with Crippen LogP contribution >= 0.6 is 0 Å². The van der Waals surface area contributed by atoms with Crippen LogP contribution in [0.4, 0.5) is 11.4 Å². The van der Waals surface area contributed by atoms with E-state index in [-0.39, 0.29) is 6.61 Å². The number of nitrogens with zero attached hydrogens (tertiary/aromatic N) is 1. The van der Waals surface area contributed by atoms with Crippen LogP contribution in [0.15, 0.2) is 24.3 Å². The average molecular weight is 182 g/mol. The van der Waals surface area contributed by atoms with E-state index in [1.807, 2.05) is 12.1 Å². The van der Waals surface area contributed by atoms with Gasteiger partial charge in [-0.15, -0.1) is 0 Å². The maximum atomic E-state index is 8.75. The van der Waals surface area contributed by atoms with Gasteiger partial charge in [0, 0.05) is 5.69 Å². The van der Waals surface area contributed by atoms with Gasteiger partial charge in [0.15, 0.2) is 0 Å². The van der Waals surface area contributed by atoms with Crippen LogP contribution in [0.5, 0.6) is 0 Å². The van der Waals surface area contributed by atoms with Gasteiger partial charge in [-0.2, -0.15) is 0 Å². The summed E-state index contributed by atoms with van der Waals surface area (Å²) in [5, 5.41) is 10.3. The monoisotopic (exact) mass is 182 g/mol. The molecule has 1 aromatic carbocycles. The highest BCUT2D eigenvalue weighted by Gasteiger charge is 2.03. The molecule has 0 radical (unpaired) electrons. The lowest BCUT2D eigenvalue weighted by Gasteiger charge is -2.20. The van der Waals surface area contributed by atoms with Gasteiger partial charge >= 0.3 is 0 Å². The minimum absolute atomic E-state index is 0.0443. The third-order valence-corrected chi connectivity index (χ3v) is 1.68. The molecule has 72 valence electrons. The van der Waals surface area contributed by atoms with Crippen LogP contribution in [0.25, 0.3) is 0 Å².